The smallest absolute Gasteiger partial charge is 0.263 e. The molecule has 1 saturated carbocycles. The zero-order valence-electron chi connectivity index (χ0n) is 13.4. The molecule has 1 aliphatic rings. The molecule has 3 aromatic rings. The standard InChI is InChI=1S/C17H14Cl2N4O2S/c18-11-7-8-13(19)15(9-11)26(24,25)23-14-4-2-1-3-12(14)17-20-16(21-22-17)10-5-6-10/h1-4,7-10,23H,5-6H2,(H,20,21,22). The lowest BCUT2D eigenvalue weighted by atomic mass is 10.2. The summed E-state index contributed by atoms with van der Waals surface area (Å²) >= 11 is 12.0. The lowest BCUT2D eigenvalue weighted by molar-refractivity contribution is 0.601. The van der Waals surface area contributed by atoms with Gasteiger partial charge in [-0.25, -0.2) is 13.4 Å². The zero-order chi connectivity index (χ0) is 18.3. The SMILES string of the molecule is O=S(=O)(Nc1ccccc1-c1n[nH]c(C2CC2)n1)c1cc(Cl)ccc1Cl. The Labute approximate surface area is 160 Å². The van der Waals surface area contributed by atoms with E-state index in [-0.39, 0.29) is 14.9 Å². The van der Waals surface area contributed by atoms with Crippen molar-refractivity contribution in [2.75, 3.05) is 4.72 Å². The van der Waals surface area contributed by atoms with E-state index in [1.54, 1.807) is 24.3 Å². The summed E-state index contributed by atoms with van der Waals surface area (Å²) < 4.78 is 28.1. The third-order valence-corrected chi connectivity index (χ3v) is 6.14. The van der Waals surface area contributed by atoms with E-state index in [9.17, 15) is 8.42 Å². The number of hydrogen-bond donors (Lipinski definition) is 2. The van der Waals surface area contributed by atoms with Gasteiger partial charge in [-0.15, -0.1) is 0 Å². The maximum atomic E-state index is 12.8. The first-order chi connectivity index (χ1) is 12.4. The topological polar surface area (TPSA) is 87.7 Å². The number of benzene rings is 2. The van der Waals surface area contributed by atoms with E-state index in [1.165, 1.54) is 18.2 Å². The van der Waals surface area contributed by atoms with Crippen molar-refractivity contribution in [1.29, 1.82) is 0 Å². The summed E-state index contributed by atoms with van der Waals surface area (Å²) in [5.41, 5.74) is 0.947. The highest BCUT2D eigenvalue weighted by Crippen LogP contribution is 2.39. The van der Waals surface area contributed by atoms with Gasteiger partial charge in [0.15, 0.2) is 5.82 Å². The number of nitrogens with one attached hydrogen (secondary N) is 2. The van der Waals surface area contributed by atoms with Gasteiger partial charge in [-0.05, 0) is 43.2 Å². The molecule has 0 radical (unpaired) electrons. The van der Waals surface area contributed by atoms with Crippen molar-refractivity contribution in [3.05, 3.63) is 58.3 Å². The van der Waals surface area contributed by atoms with Crippen LogP contribution in [0.5, 0.6) is 0 Å². The van der Waals surface area contributed by atoms with Gasteiger partial charge >= 0.3 is 0 Å². The van der Waals surface area contributed by atoms with Crippen LogP contribution in [0.15, 0.2) is 47.4 Å². The fourth-order valence-corrected chi connectivity index (χ4v) is 4.43. The van der Waals surface area contributed by atoms with Crippen LogP contribution in [-0.2, 0) is 10.0 Å². The average Bonchev–Trinajstić information content (AvgIpc) is 3.35. The zero-order valence-corrected chi connectivity index (χ0v) is 15.7. The molecule has 0 saturated heterocycles. The van der Waals surface area contributed by atoms with E-state index >= 15 is 0 Å². The fourth-order valence-electron chi connectivity index (χ4n) is 2.58. The Hall–Kier alpha value is -2.09. The van der Waals surface area contributed by atoms with Gasteiger partial charge < -0.3 is 0 Å². The van der Waals surface area contributed by atoms with Crippen LogP contribution < -0.4 is 4.72 Å². The van der Waals surface area contributed by atoms with Crippen LogP contribution in [0.4, 0.5) is 5.69 Å². The van der Waals surface area contributed by atoms with E-state index in [2.05, 4.69) is 19.9 Å². The van der Waals surface area contributed by atoms with Crippen LogP contribution in [0.1, 0.15) is 24.6 Å². The Bertz CT molecular complexity index is 1080. The molecular formula is C17H14Cl2N4O2S. The fraction of sp³-hybridized carbons (Fsp3) is 0.176. The van der Waals surface area contributed by atoms with Gasteiger partial charge in [-0.2, -0.15) is 5.10 Å². The van der Waals surface area contributed by atoms with Crippen molar-refractivity contribution in [3.63, 3.8) is 0 Å². The Balaban J connectivity index is 1.71. The number of nitrogens with zero attached hydrogens (tertiary/aromatic N) is 2. The summed E-state index contributed by atoms with van der Waals surface area (Å²) in [6, 6.07) is 11.2. The van der Waals surface area contributed by atoms with Crippen molar-refractivity contribution < 1.29 is 8.42 Å². The molecule has 6 nitrogen and oxygen atoms in total. The van der Waals surface area contributed by atoms with Gasteiger partial charge in [0.2, 0.25) is 0 Å². The highest BCUT2D eigenvalue weighted by atomic mass is 35.5. The molecule has 0 amide bonds. The minimum Gasteiger partial charge on any atom is -0.279 e. The first kappa shape index (κ1) is 17.3. The molecule has 1 aliphatic carbocycles. The Morgan fingerprint density at radius 1 is 1.12 bits per heavy atom. The molecule has 2 aromatic carbocycles. The molecule has 0 aliphatic heterocycles. The van der Waals surface area contributed by atoms with Crippen LogP contribution in [0.25, 0.3) is 11.4 Å². The maximum absolute atomic E-state index is 12.8. The molecular weight excluding hydrogens is 395 g/mol. The number of hydrogen-bond acceptors (Lipinski definition) is 4. The number of para-hydroxylation sites is 1. The Kier molecular flexibility index (Phi) is 4.38. The van der Waals surface area contributed by atoms with E-state index in [0.29, 0.717) is 23.0 Å². The molecule has 0 spiro atoms. The van der Waals surface area contributed by atoms with E-state index in [4.69, 9.17) is 23.2 Å². The minimum atomic E-state index is -3.93. The molecule has 0 bridgehead atoms. The molecule has 0 atom stereocenters. The van der Waals surface area contributed by atoms with Gasteiger partial charge in [0.1, 0.15) is 10.7 Å². The summed E-state index contributed by atoms with van der Waals surface area (Å²) in [7, 11) is -3.93. The van der Waals surface area contributed by atoms with Gasteiger partial charge in [0, 0.05) is 16.5 Å². The molecule has 9 heteroatoms. The monoisotopic (exact) mass is 408 g/mol. The second-order valence-electron chi connectivity index (χ2n) is 6.04. The molecule has 1 fully saturated rings. The van der Waals surface area contributed by atoms with Crippen molar-refractivity contribution in [1.82, 2.24) is 15.2 Å². The number of halogens is 2. The number of H-pyrrole nitrogens is 1. The van der Waals surface area contributed by atoms with Crippen LogP contribution in [0, 0.1) is 0 Å². The van der Waals surface area contributed by atoms with Gasteiger partial charge in [0.25, 0.3) is 10.0 Å². The largest absolute Gasteiger partial charge is 0.279 e. The second-order valence-corrected chi connectivity index (χ2v) is 8.54. The van der Waals surface area contributed by atoms with Crippen molar-refractivity contribution in [2.45, 2.75) is 23.7 Å². The predicted octanol–water partition coefficient (Wildman–Crippen LogP) is 4.46. The summed E-state index contributed by atoms with van der Waals surface area (Å²) in [6.07, 6.45) is 2.19. The number of anilines is 1. The van der Waals surface area contributed by atoms with E-state index in [1.807, 2.05) is 0 Å². The normalized spacial score (nSPS) is 14.4. The summed E-state index contributed by atoms with van der Waals surface area (Å²) in [5.74, 6) is 1.70. The lowest BCUT2D eigenvalue weighted by Gasteiger charge is -2.12. The quantitative estimate of drug-likeness (QED) is 0.652. The minimum absolute atomic E-state index is 0.0878. The number of aromatic nitrogens is 3. The van der Waals surface area contributed by atoms with Gasteiger partial charge in [-0.3, -0.25) is 9.82 Å². The maximum Gasteiger partial charge on any atom is 0.263 e. The third kappa shape index (κ3) is 3.42. The van der Waals surface area contributed by atoms with Gasteiger partial charge in [-0.1, -0.05) is 35.3 Å². The second kappa shape index (κ2) is 6.57. The number of sulfonamides is 1. The van der Waals surface area contributed by atoms with Crippen LogP contribution in [-0.4, -0.2) is 23.6 Å². The van der Waals surface area contributed by atoms with Gasteiger partial charge in [0.05, 0.1) is 10.7 Å². The third-order valence-electron chi connectivity index (χ3n) is 4.06. The summed E-state index contributed by atoms with van der Waals surface area (Å²) in [6.45, 7) is 0. The average molecular weight is 409 g/mol. The van der Waals surface area contributed by atoms with Crippen molar-refractivity contribution in [3.8, 4) is 11.4 Å². The number of rotatable bonds is 5. The van der Waals surface area contributed by atoms with Crippen molar-refractivity contribution >= 4 is 38.9 Å². The van der Waals surface area contributed by atoms with Crippen LogP contribution in [0.3, 0.4) is 0 Å². The Morgan fingerprint density at radius 2 is 1.88 bits per heavy atom. The van der Waals surface area contributed by atoms with E-state index in [0.717, 1.165) is 18.7 Å². The molecule has 0 unspecified atom stereocenters. The molecule has 2 N–H and O–H groups in total. The molecule has 1 heterocycles. The van der Waals surface area contributed by atoms with E-state index < -0.39 is 10.0 Å². The summed E-state index contributed by atoms with van der Waals surface area (Å²) in [4.78, 5) is 4.40. The van der Waals surface area contributed by atoms with Crippen LogP contribution >= 0.6 is 23.2 Å². The highest BCUT2D eigenvalue weighted by Gasteiger charge is 2.28. The highest BCUT2D eigenvalue weighted by molar-refractivity contribution is 7.92. The van der Waals surface area contributed by atoms with Crippen LogP contribution in [0.2, 0.25) is 10.0 Å². The first-order valence-corrected chi connectivity index (χ1v) is 10.2. The lowest BCUT2D eigenvalue weighted by Crippen LogP contribution is -2.14. The molecule has 4 rings (SSSR count). The van der Waals surface area contributed by atoms with Crippen molar-refractivity contribution in [2.24, 2.45) is 0 Å². The molecule has 1 aromatic heterocycles. The first-order valence-electron chi connectivity index (χ1n) is 7.93. The summed E-state index contributed by atoms with van der Waals surface area (Å²) in [5, 5.41) is 7.53. The molecule has 134 valence electrons. The Morgan fingerprint density at radius 3 is 2.65 bits per heavy atom. The predicted molar refractivity (Wildman–Crippen MR) is 101 cm³/mol. The number of aromatic amines is 1. The molecule has 26 heavy (non-hydrogen) atoms.